The summed E-state index contributed by atoms with van der Waals surface area (Å²) in [6.45, 7) is 2.58. The van der Waals surface area contributed by atoms with Crippen molar-refractivity contribution < 1.29 is 4.79 Å². The molecule has 4 rings (SSSR count). The van der Waals surface area contributed by atoms with E-state index in [1.54, 1.807) is 11.3 Å². The topological polar surface area (TPSA) is 46.1 Å². The van der Waals surface area contributed by atoms with Gasteiger partial charge < -0.3 is 15.2 Å². The molecule has 0 unspecified atom stereocenters. The number of aromatic nitrogens is 1. The Kier molecular flexibility index (Phi) is 5.17. The van der Waals surface area contributed by atoms with Crippen LogP contribution in [0.2, 0.25) is 0 Å². The first kappa shape index (κ1) is 18.3. The van der Waals surface area contributed by atoms with Gasteiger partial charge in [0.2, 0.25) is 0 Å². The number of aryl methyl sites for hydroxylation is 2. The van der Waals surface area contributed by atoms with E-state index in [4.69, 9.17) is 0 Å². The first-order valence-corrected chi connectivity index (χ1v) is 10.3. The lowest BCUT2D eigenvalue weighted by Crippen LogP contribution is -2.28. The molecule has 2 N–H and O–H groups in total. The van der Waals surface area contributed by atoms with Gasteiger partial charge in [-0.05, 0) is 41.6 Å². The molecule has 4 aromatic rings. The zero-order valence-corrected chi connectivity index (χ0v) is 16.8. The van der Waals surface area contributed by atoms with Crippen molar-refractivity contribution in [1.82, 2.24) is 9.88 Å². The van der Waals surface area contributed by atoms with E-state index in [9.17, 15) is 4.79 Å². The van der Waals surface area contributed by atoms with Gasteiger partial charge in [0.05, 0.1) is 10.6 Å². The van der Waals surface area contributed by atoms with E-state index in [0.29, 0.717) is 6.54 Å². The van der Waals surface area contributed by atoms with Crippen LogP contribution in [0.5, 0.6) is 0 Å². The lowest BCUT2D eigenvalue weighted by molar-refractivity contribution is 0.252. The van der Waals surface area contributed by atoms with Crippen LogP contribution in [0.3, 0.4) is 0 Å². The van der Waals surface area contributed by atoms with Crippen LogP contribution in [0.15, 0.2) is 66.0 Å². The van der Waals surface area contributed by atoms with Crippen LogP contribution in [0.1, 0.15) is 18.1 Å². The minimum Gasteiger partial charge on any atom is -0.343 e. The molecule has 0 atom stereocenters. The zero-order chi connectivity index (χ0) is 19.5. The molecule has 2 heterocycles. The predicted molar refractivity (Wildman–Crippen MR) is 118 cm³/mol. The third kappa shape index (κ3) is 3.53. The Balaban J connectivity index is 1.57. The van der Waals surface area contributed by atoms with Gasteiger partial charge in [-0.1, -0.05) is 43.3 Å². The Morgan fingerprint density at radius 3 is 2.54 bits per heavy atom. The first-order valence-electron chi connectivity index (χ1n) is 9.41. The van der Waals surface area contributed by atoms with Crippen molar-refractivity contribution in [2.45, 2.75) is 19.9 Å². The molecule has 28 heavy (non-hydrogen) atoms. The van der Waals surface area contributed by atoms with Gasteiger partial charge in [0.1, 0.15) is 0 Å². The SMILES string of the molecule is CCc1ccc(NC(=O)NCc2c(-c3cccs3)n(C)c3ccccc23)cc1. The molecule has 0 bridgehead atoms. The van der Waals surface area contributed by atoms with Gasteiger partial charge >= 0.3 is 6.03 Å². The lowest BCUT2D eigenvalue weighted by Gasteiger charge is -2.10. The summed E-state index contributed by atoms with van der Waals surface area (Å²) in [5.74, 6) is 0. The number of fused-ring (bicyclic) bond motifs is 1. The van der Waals surface area contributed by atoms with Crippen LogP contribution in [0.4, 0.5) is 10.5 Å². The summed E-state index contributed by atoms with van der Waals surface area (Å²) in [7, 11) is 2.08. The quantitative estimate of drug-likeness (QED) is 0.446. The number of hydrogen-bond donors (Lipinski definition) is 2. The van der Waals surface area contributed by atoms with Gasteiger partial charge in [-0.25, -0.2) is 4.79 Å². The Bertz CT molecular complexity index is 1100. The molecule has 0 aliphatic rings. The number of amides is 2. The Labute approximate surface area is 168 Å². The van der Waals surface area contributed by atoms with Crippen molar-refractivity contribution in [3.8, 4) is 10.6 Å². The van der Waals surface area contributed by atoms with Gasteiger partial charge in [0, 0.05) is 35.7 Å². The molecule has 2 amide bonds. The molecular formula is C23H23N3OS. The van der Waals surface area contributed by atoms with E-state index in [0.717, 1.165) is 23.4 Å². The number of rotatable bonds is 5. The second kappa shape index (κ2) is 7.90. The molecule has 0 aliphatic heterocycles. The fourth-order valence-corrected chi connectivity index (χ4v) is 4.38. The maximum Gasteiger partial charge on any atom is 0.319 e. The number of anilines is 1. The monoisotopic (exact) mass is 389 g/mol. The van der Waals surface area contributed by atoms with Gasteiger partial charge in [-0.15, -0.1) is 11.3 Å². The summed E-state index contributed by atoms with van der Waals surface area (Å²) >= 11 is 1.71. The summed E-state index contributed by atoms with van der Waals surface area (Å²) in [5, 5.41) is 9.19. The minimum atomic E-state index is -0.200. The molecular weight excluding hydrogens is 366 g/mol. The maximum absolute atomic E-state index is 12.5. The Morgan fingerprint density at radius 2 is 1.82 bits per heavy atom. The lowest BCUT2D eigenvalue weighted by atomic mass is 10.1. The van der Waals surface area contributed by atoms with Crippen LogP contribution in [-0.4, -0.2) is 10.6 Å². The highest BCUT2D eigenvalue weighted by Gasteiger charge is 2.17. The molecule has 0 spiro atoms. The van der Waals surface area contributed by atoms with Crippen LogP contribution in [0, 0.1) is 0 Å². The van der Waals surface area contributed by atoms with E-state index >= 15 is 0 Å². The standard InChI is InChI=1S/C23H23N3OS/c1-3-16-10-12-17(13-11-16)25-23(27)24-15-19-18-7-4-5-8-20(18)26(2)22(19)21-9-6-14-28-21/h4-14H,3,15H2,1-2H3,(H2,24,25,27). The average Bonchev–Trinajstić information content (AvgIpc) is 3.34. The average molecular weight is 390 g/mol. The van der Waals surface area contributed by atoms with Crippen LogP contribution in [-0.2, 0) is 20.0 Å². The first-order chi connectivity index (χ1) is 13.7. The number of thiophene rings is 1. The summed E-state index contributed by atoms with van der Waals surface area (Å²) in [4.78, 5) is 13.7. The Morgan fingerprint density at radius 1 is 1.04 bits per heavy atom. The maximum atomic E-state index is 12.5. The molecule has 2 aromatic carbocycles. The molecule has 0 aliphatic carbocycles. The van der Waals surface area contributed by atoms with Gasteiger partial charge in [-0.2, -0.15) is 0 Å². The Hall–Kier alpha value is -3.05. The number of carbonyl (C=O) groups is 1. The van der Waals surface area contributed by atoms with E-state index in [-0.39, 0.29) is 6.03 Å². The van der Waals surface area contributed by atoms with E-state index in [2.05, 4.69) is 58.8 Å². The molecule has 142 valence electrons. The smallest absolute Gasteiger partial charge is 0.319 e. The zero-order valence-electron chi connectivity index (χ0n) is 16.0. The normalized spacial score (nSPS) is 10.9. The molecule has 0 saturated carbocycles. The summed E-state index contributed by atoms with van der Waals surface area (Å²) in [6, 6.07) is 20.2. The van der Waals surface area contributed by atoms with Gasteiger partial charge in [0.25, 0.3) is 0 Å². The van der Waals surface area contributed by atoms with Crippen molar-refractivity contribution in [3.05, 3.63) is 77.2 Å². The molecule has 0 radical (unpaired) electrons. The van der Waals surface area contributed by atoms with E-state index in [1.807, 2.05) is 36.4 Å². The fraction of sp³-hybridized carbons (Fsp3) is 0.174. The number of urea groups is 1. The molecule has 0 fully saturated rings. The highest BCUT2D eigenvalue weighted by molar-refractivity contribution is 7.13. The fourth-order valence-electron chi connectivity index (χ4n) is 3.55. The van der Waals surface area contributed by atoms with Crippen molar-refractivity contribution in [2.75, 3.05) is 5.32 Å². The number of nitrogens with zero attached hydrogens (tertiary/aromatic N) is 1. The third-order valence-electron chi connectivity index (χ3n) is 5.01. The van der Waals surface area contributed by atoms with Crippen molar-refractivity contribution >= 4 is 34.0 Å². The number of hydrogen-bond acceptors (Lipinski definition) is 2. The van der Waals surface area contributed by atoms with Gasteiger partial charge in [0.15, 0.2) is 0 Å². The third-order valence-corrected chi connectivity index (χ3v) is 5.89. The number of para-hydroxylation sites is 1. The highest BCUT2D eigenvalue weighted by atomic mass is 32.1. The van der Waals surface area contributed by atoms with Crippen molar-refractivity contribution in [3.63, 3.8) is 0 Å². The number of carbonyl (C=O) groups excluding carboxylic acids is 1. The minimum absolute atomic E-state index is 0.200. The van der Waals surface area contributed by atoms with Crippen molar-refractivity contribution in [1.29, 1.82) is 0 Å². The second-order valence-electron chi connectivity index (χ2n) is 6.74. The number of benzene rings is 2. The highest BCUT2D eigenvalue weighted by Crippen LogP contribution is 2.35. The van der Waals surface area contributed by atoms with E-state index in [1.165, 1.54) is 21.3 Å². The second-order valence-corrected chi connectivity index (χ2v) is 7.69. The molecule has 5 heteroatoms. The van der Waals surface area contributed by atoms with Crippen molar-refractivity contribution in [2.24, 2.45) is 7.05 Å². The summed E-state index contributed by atoms with van der Waals surface area (Å²) in [6.07, 6.45) is 0.985. The predicted octanol–water partition coefficient (Wildman–Crippen LogP) is 5.79. The van der Waals surface area contributed by atoms with Crippen LogP contribution >= 0.6 is 11.3 Å². The largest absolute Gasteiger partial charge is 0.343 e. The molecule has 4 nitrogen and oxygen atoms in total. The van der Waals surface area contributed by atoms with Crippen LogP contribution < -0.4 is 10.6 Å². The molecule has 0 saturated heterocycles. The molecule has 2 aromatic heterocycles. The number of nitrogens with one attached hydrogen (secondary N) is 2. The summed E-state index contributed by atoms with van der Waals surface area (Å²) in [5.41, 5.74) is 5.51. The van der Waals surface area contributed by atoms with Gasteiger partial charge in [-0.3, -0.25) is 0 Å². The van der Waals surface area contributed by atoms with E-state index < -0.39 is 0 Å². The summed E-state index contributed by atoms with van der Waals surface area (Å²) < 4.78 is 2.21. The van der Waals surface area contributed by atoms with Crippen LogP contribution in [0.25, 0.3) is 21.5 Å².